The Morgan fingerprint density at radius 1 is 0.786 bits per heavy atom. The number of hydrogen-bond acceptors (Lipinski definition) is 4. The molecule has 0 fully saturated rings. The number of carbonyl (C=O) groups is 1. The molecule has 0 aliphatic carbocycles. The van der Waals surface area contributed by atoms with E-state index in [0.717, 1.165) is 28.7 Å². The van der Waals surface area contributed by atoms with Crippen LogP contribution in [-0.4, -0.2) is 19.2 Å². The second kappa shape index (κ2) is 10.1. The van der Waals surface area contributed by atoms with Crippen LogP contribution in [0.5, 0.6) is 0 Å². The number of para-hydroxylation sites is 2. The first-order valence-electron chi connectivity index (χ1n) is 9.14. The van der Waals surface area contributed by atoms with Crippen molar-refractivity contribution in [2.24, 2.45) is 0 Å². The minimum absolute atomic E-state index is 0.221. The molecule has 3 aromatic carbocycles. The minimum Gasteiger partial charge on any atom is -0.460 e. The molecule has 0 saturated heterocycles. The Bertz CT molecular complexity index is 837. The Kier molecular flexibility index (Phi) is 6.99. The van der Waals surface area contributed by atoms with Crippen LogP contribution in [0, 0.1) is 0 Å². The molecule has 4 nitrogen and oxygen atoms in total. The summed E-state index contributed by atoms with van der Waals surface area (Å²) in [7, 11) is 0. The zero-order valence-electron chi connectivity index (χ0n) is 15.7. The number of esters is 1. The molecule has 0 aliphatic heterocycles. The Balaban J connectivity index is 1.67. The van der Waals surface area contributed by atoms with Crippen LogP contribution in [-0.2, 0) is 20.9 Å². The van der Waals surface area contributed by atoms with E-state index >= 15 is 0 Å². The topological polar surface area (TPSA) is 38.8 Å². The fourth-order valence-electron chi connectivity index (χ4n) is 2.79. The van der Waals surface area contributed by atoms with Gasteiger partial charge in [0.25, 0.3) is 0 Å². The lowest BCUT2D eigenvalue weighted by molar-refractivity contribution is -0.139. The van der Waals surface area contributed by atoms with E-state index in [0.29, 0.717) is 13.2 Å². The van der Waals surface area contributed by atoms with Crippen molar-refractivity contribution in [2.75, 3.05) is 18.1 Å². The van der Waals surface area contributed by atoms with Crippen molar-refractivity contribution in [1.29, 1.82) is 0 Å². The molecule has 0 amide bonds. The molecule has 0 unspecified atom stereocenters. The number of nitrogens with zero attached hydrogens (tertiary/aromatic N) is 1. The van der Waals surface area contributed by atoms with Crippen LogP contribution < -0.4 is 4.90 Å². The highest BCUT2D eigenvalue weighted by atomic mass is 16.6. The number of hydrogen-bond donors (Lipinski definition) is 0. The molecule has 0 atom stereocenters. The van der Waals surface area contributed by atoms with Crippen LogP contribution in [0.3, 0.4) is 0 Å². The maximum absolute atomic E-state index is 11.0. The maximum Gasteiger partial charge on any atom is 0.330 e. The van der Waals surface area contributed by atoms with Gasteiger partial charge in [-0.15, -0.1) is 0 Å². The van der Waals surface area contributed by atoms with Gasteiger partial charge < -0.3 is 14.4 Å². The smallest absolute Gasteiger partial charge is 0.330 e. The van der Waals surface area contributed by atoms with Crippen molar-refractivity contribution >= 4 is 23.0 Å². The number of benzene rings is 3. The summed E-state index contributed by atoms with van der Waals surface area (Å²) in [5.41, 5.74) is 4.32. The van der Waals surface area contributed by atoms with Gasteiger partial charge in [-0.2, -0.15) is 0 Å². The Morgan fingerprint density at radius 3 is 1.86 bits per heavy atom. The van der Waals surface area contributed by atoms with Gasteiger partial charge in [0.05, 0.1) is 13.2 Å². The highest BCUT2D eigenvalue weighted by Gasteiger charge is 2.11. The van der Waals surface area contributed by atoms with Crippen LogP contribution in [0.4, 0.5) is 17.1 Å². The van der Waals surface area contributed by atoms with E-state index in [9.17, 15) is 4.79 Å². The third kappa shape index (κ3) is 5.32. The van der Waals surface area contributed by atoms with E-state index in [4.69, 9.17) is 9.47 Å². The summed E-state index contributed by atoms with van der Waals surface area (Å²) in [6, 6.07) is 28.8. The normalized spacial score (nSPS) is 10.3. The Hall–Kier alpha value is -3.37. The van der Waals surface area contributed by atoms with Gasteiger partial charge in [0, 0.05) is 23.1 Å². The molecule has 3 aromatic rings. The fourth-order valence-corrected chi connectivity index (χ4v) is 2.79. The molecular formula is C24H23NO3. The third-order valence-corrected chi connectivity index (χ3v) is 4.13. The van der Waals surface area contributed by atoms with Gasteiger partial charge in [0.2, 0.25) is 0 Å². The Morgan fingerprint density at radius 2 is 1.32 bits per heavy atom. The van der Waals surface area contributed by atoms with Crippen molar-refractivity contribution in [2.45, 2.75) is 6.61 Å². The van der Waals surface area contributed by atoms with Crippen molar-refractivity contribution in [3.8, 4) is 0 Å². The molecule has 28 heavy (non-hydrogen) atoms. The van der Waals surface area contributed by atoms with Gasteiger partial charge in [-0.05, 0) is 42.0 Å². The van der Waals surface area contributed by atoms with E-state index < -0.39 is 5.97 Å². The second-order valence-corrected chi connectivity index (χ2v) is 6.10. The van der Waals surface area contributed by atoms with Crippen molar-refractivity contribution in [3.63, 3.8) is 0 Å². The quantitative estimate of drug-likeness (QED) is 0.286. The summed E-state index contributed by atoms with van der Waals surface area (Å²) < 4.78 is 10.4. The summed E-state index contributed by atoms with van der Waals surface area (Å²) in [6.45, 7) is 4.38. The number of carbonyl (C=O) groups excluding carboxylic acids is 1. The summed E-state index contributed by atoms with van der Waals surface area (Å²) in [4.78, 5) is 13.2. The van der Waals surface area contributed by atoms with Gasteiger partial charge in [-0.1, -0.05) is 55.1 Å². The average molecular weight is 373 g/mol. The molecule has 0 spiro atoms. The number of rotatable bonds is 9. The second-order valence-electron chi connectivity index (χ2n) is 6.10. The van der Waals surface area contributed by atoms with E-state index in [1.807, 2.05) is 48.5 Å². The molecule has 0 N–H and O–H groups in total. The van der Waals surface area contributed by atoms with Crippen LogP contribution in [0.25, 0.3) is 0 Å². The molecule has 0 bridgehead atoms. The molecule has 142 valence electrons. The zero-order chi connectivity index (χ0) is 19.6. The number of anilines is 3. The van der Waals surface area contributed by atoms with E-state index in [1.54, 1.807) is 0 Å². The predicted molar refractivity (Wildman–Crippen MR) is 112 cm³/mol. The molecule has 0 aromatic heterocycles. The molecular weight excluding hydrogens is 350 g/mol. The minimum atomic E-state index is -0.435. The van der Waals surface area contributed by atoms with Crippen LogP contribution in [0.15, 0.2) is 97.6 Å². The SMILES string of the molecule is C=CC(=O)OCCOCc1ccc(N(c2ccccc2)c2ccccc2)cc1. The first-order valence-corrected chi connectivity index (χ1v) is 9.14. The van der Waals surface area contributed by atoms with Crippen molar-refractivity contribution < 1.29 is 14.3 Å². The lowest BCUT2D eigenvalue weighted by Crippen LogP contribution is -2.10. The molecule has 0 aliphatic rings. The van der Waals surface area contributed by atoms with Gasteiger partial charge in [0.1, 0.15) is 6.61 Å². The average Bonchev–Trinajstić information content (AvgIpc) is 2.76. The standard InChI is InChI=1S/C24H23NO3/c1-2-24(26)28-18-17-27-19-20-13-15-23(16-14-20)25(21-9-5-3-6-10-21)22-11-7-4-8-12-22/h2-16H,1,17-19H2. The Labute approximate surface area is 165 Å². The molecule has 0 radical (unpaired) electrons. The van der Waals surface area contributed by atoms with Crippen LogP contribution >= 0.6 is 0 Å². The predicted octanol–water partition coefficient (Wildman–Crippen LogP) is 5.40. The fraction of sp³-hybridized carbons (Fsp3) is 0.125. The highest BCUT2D eigenvalue weighted by Crippen LogP contribution is 2.34. The van der Waals surface area contributed by atoms with E-state index in [1.165, 1.54) is 0 Å². The molecule has 3 rings (SSSR count). The van der Waals surface area contributed by atoms with Crippen LogP contribution in [0.2, 0.25) is 0 Å². The van der Waals surface area contributed by atoms with E-state index in [2.05, 4.69) is 47.9 Å². The van der Waals surface area contributed by atoms with Crippen molar-refractivity contribution in [3.05, 3.63) is 103 Å². The number of ether oxygens (including phenoxy) is 2. The molecule has 0 saturated carbocycles. The monoisotopic (exact) mass is 373 g/mol. The summed E-state index contributed by atoms with van der Waals surface area (Å²) in [5, 5.41) is 0. The largest absolute Gasteiger partial charge is 0.460 e. The first kappa shape index (κ1) is 19.4. The summed E-state index contributed by atoms with van der Waals surface area (Å²) >= 11 is 0. The summed E-state index contributed by atoms with van der Waals surface area (Å²) in [5.74, 6) is -0.435. The first-order chi connectivity index (χ1) is 13.8. The van der Waals surface area contributed by atoms with Gasteiger partial charge in [-0.3, -0.25) is 0 Å². The zero-order valence-corrected chi connectivity index (χ0v) is 15.7. The summed E-state index contributed by atoms with van der Waals surface area (Å²) in [6.07, 6.45) is 1.14. The lowest BCUT2D eigenvalue weighted by atomic mass is 10.1. The highest BCUT2D eigenvalue weighted by molar-refractivity contribution is 5.81. The van der Waals surface area contributed by atoms with Crippen molar-refractivity contribution in [1.82, 2.24) is 0 Å². The van der Waals surface area contributed by atoms with Crippen LogP contribution in [0.1, 0.15) is 5.56 Å². The third-order valence-electron chi connectivity index (χ3n) is 4.13. The van der Waals surface area contributed by atoms with Gasteiger partial charge >= 0.3 is 5.97 Å². The van der Waals surface area contributed by atoms with E-state index in [-0.39, 0.29) is 6.61 Å². The molecule has 0 heterocycles. The lowest BCUT2D eigenvalue weighted by Gasteiger charge is -2.25. The maximum atomic E-state index is 11.0. The van der Waals surface area contributed by atoms with Gasteiger partial charge in [-0.25, -0.2) is 4.79 Å². The molecule has 4 heteroatoms. The van der Waals surface area contributed by atoms with Gasteiger partial charge in [0.15, 0.2) is 0 Å².